The summed E-state index contributed by atoms with van der Waals surface area (Å²) in [6.07, 6.45) is 2.48. The summed E-state index contributed by atoms with van der Waals surface area (Å²) in [7, 11) is 0. The number of aromatic nitrogens is 3. The Bertz CT molecular complexity index is 1210. The summed E-state index contributed by atoms with van der Waals surface area (Å²) in [4.78, 5) is 30.9. The minimum atomic E-state index is -3.74. The number of hydrogen-bond acceptors (Lipinski definition) is 9. The molecule has 0 aliphatic heterocycles. The third-order valence-electron chi connectivity index (χ3n) is 3.95. The summed E-state index contributed by atoms with van der Waals surface area (Å²) < 4.78 is 35.2. The molecule has 2 aromatic heterocycles. The highest BCUT2D eigenvalue weighted by molar-refractivity contribution is 6.21. The Kier molecular flexibility index (Phi) is 4.59. The molecule has 0 amide bonds. The predicted molar refractivity (Wildman–Crippen MR) is 97.9 cm³/mol. The molecule has 0 aliphatic rings. The van der Waals surface area contributed by atoms with Gasteiger partial charge in [-0.2, -0.15) is 18.7 Å². The second kappa shape index (κ2) is 7.09. The minimum absolute atomic E-state index is 0.0404. The van der Waals surface area contributed by atoms with Crippen LogP contribution in [0.2, 0.25) is 0 Å². The number of alkyl halides is 3. The summed E-state index contributed by atoms with van der Waals surface area (Å²) in [5.74, 6) is -0.736. The van der Waals surface area contributed by atoms with E-state index in [2.05, 4.69) is 30.3 Å². The van der Waals surface area contributed by atoms with Gasteiger partial charge in [-0.1, -0.05) is 29.4 Å². The maximum absolute atomic E-state index is 13.0. The summed E-state index contributed by atoms with van der Waals surface area (Å²) >= 11 is 4.85. The molecule has 4 aromatic rings. The summed E-state index contributed by atoms with van der Waals surface area (Å²) in [5, 5.41) is 5.32. The molecule has 12 heteroatoms. The smallest absolute Gasteiger partial charge is 0.400 e. The van der Waals surface area contributed by atoms with E-state index in [1.165, 1.54) is 12.7 Å². The van der Waals surface area contributed by atoms with E-state index in [-0.39, 0.29) is 23.7 Å². The number of oxazole rings is 1. The highest BCUT2D eigenvalue weighted by atomic mass is 35.5. The van der Waals surface area contributed by atoms with Crippen LogP contribution in [-0.2, 0) is 11.9 Å². The van der Waals surface area contributed by atoms with Crippen molar-refractivity contribution < 1.29 is 17.7 Å². The van der Waals surface area contributed by atoms with Crippen molar-refractivity contribution in [3.8, 4) is 11.4 Å². The van der Waals surface area contributed by atoms with Gasteiger partial charge in [-0.15, -0.1) is 0 Å². The van der Waals surface area contributed by atoms with E-state index in [0.717, 1.165) is 5.56 Å². The van der Waals surface area contributed by atoms with E-state index in [1.807, 2.05) is 0 Å². The van der Waals surface area contributed by atoms with Crippen LogP contribution in [0.4, 0.5) is 26.0 Å². The van der Waals surface area contributed by atoms with E-state index >= 15 is 0 Å². The highest BCUT2D eigenvalue weighted by Gasteiger charge is 2.35. The van der Waals surface area contributed by atoms with Crippen molar-refractivity contribution in [3.63, 3.8) is 0 Å². The molecule has 2 N–H and O–H groups in total. The summed E-state index contributed by atoms with van der Waals surface area (Å²) in [5.41, 5.74) is 0.118. The fourth-order valence-electron chi connectivity index (χ4n) is 2.50. The molecule has 0 saturated carbocycles. The van der Waals surface area contributed by atoms with Crippen LogP contribution in [-0.4, -0.2) is 15.1 Å². The summed E-state index contributed by atoms with van der Waals surface area (Å²) in [6, 6.07) is 6.53. The lowest BCUT2D eigenvalue weighted by Gasteiger charge is -2.13. The molecule has 148 valence electrons. The second-order valence-electron chi connectivity index (χ2n) is 5.88. The molecule has 4 rings (SSSR count). The standard InChI is InChI=1S/C17H10ClF2N5O4/c18-17(19,20)16-24-15(25-29-16)9-3-1-8(2-4-9)5-21-11-12(14(27)13(11)26)23-10-6-28-7-22-10/h1-4,6-7,21,23H,5H2. The van der Waals surface area contributed by atoms with Crippen LogP contribution in [0, 0.1) is 0 Å². The Hall–Kier alpha value is -3.60. The maximum Gasteiger partial charge on any atom is 0.400 e. The van der Waals surface area contributed by atoms with Gasteiger partial charge in [0, 0.05) is 12.1 Å². The Morgan fingerprint density at radius 3 is 2.45 bits per heavy atom. The topological polar surface area (TPSA) is 123 Å². The number of halogens is 3. The van der Waals surface area contributed by atoms with Crippen molar-refractivity contribution >= 4 is 28.8 Å². The van der Waals surface area contributed by atoms with E-state index in [0.29, 0.717) is 11.4 Å². The lowest BCUT2D eigenvalue weighted by Crippen LogP contribution is -2.36. The first kappa shape index (κ1) is 18.7. The fraction of sp³-hybridized carbons (Fsp3) is 0.118. The number of benzene rings is 1. The predicted octanol–water partition coefficient (Wildman–Crippen LogP) is 2.96. The van der Waals surface area contributed by atoms with E-state index < -0.39 is 22.1 Å². The molecule has 2 aromatic carbocycles. The SMILES string of the molecule is O=c1c(NCc2ccc(-c3noc(C(F)(F)Cl)n3)cc2)c(Nc2cocn2)c1=O. The van der Waals surface area contributed by atoms with Gasteiger partial charge in [-0.05, 0) is 17.2 Å². The van der Waals surface area contributed by atoms with Gasteiger partial charge < -0.3 is 19.6 Å². The van der Waals surface area contributed by atoms with Gasteiger partial charge >= 0.3 is 11.3 Å². The molecule has 29 heavy (non-hydrogen) atoms. The van der Waals surface area contributed by atoms with Gasteiger partial charge in [0.15, 0.2) is 12.2 Å². The van der Waals surface area contributed by atoms with Crippen molar-refractivity contribution in [1.29, 1.82) is 0 Å². The third kappa shape index (κ3) is 3.72. The van der Waals surface area contributed by atoms with Crippen LogP contribution in [0.5, 0.6) is 0 Å². The van der Waals surface area contributed by atoms with Gasteiger partial charge in [0.1, 0.15) is 17.6 Å². The molecule has 0 radical (unpaired) electrons. The molecule has 0 spiro atoms. The Balaban J connectivity index is 1.44. The molecular weight excluding hydrogens is 412 g/mol. The molecule has 0 unspecified atom stereocenters. The average Bonchev–Trinajstić information content (AvgIpc) is 3.39. The molecular formula is C17H10ClF2N5O4. The van der Waals surface area contributed by atoms with E-state index in [4.69, 9.17) is 16.0 Å². The zero-order valence-electron chi connectivity index (χ0n) is 14.3. The number of nitrogens with zero attached hydrogens (tertiary/aromatic N) is 3. The van der Waals surface area contributed by atoms with Gasteiger partial charge in [-0.25, -0.2) is 0 Å². The van der Waals surface area contributed by atoms with Gasteiger partial charge in [0.25, 0.3) is 10.9 Å². The Morgan fingerprint density at radius 2 is 1.83 bits per heavy atom. The number of nitrogens with one attached hydrogen (secondary N) is 2. The van der Waals surface area contributed by atoms with E-state index in [1.54, 1.807) is 24.3 Å². The van der Waals surface area contributed by atoms with Crippen LogP contribution in [0.1, 0.15) is 11.5 Å². The zero-order chi connectivity index (χ0) is 20.6. The monoisotopic (exact) mass is 421 g/mol. The molecule has 2 heterocycles. The number of anilines is 3. The Morgan fingerprint density at radius 1 is 1.10 bits per heavy atom. The average molecular weight is 422 g/mol. The normalized spacial score (nSPS) is 11.7. The van der Waals surface area contributed by atoms with Crippen LogP contribution < -0.4 is 21.5 Å². The highest BCUT2D eigenvalue weighted by Crippen LogP contribution is 2.32. The first-order valence-corrected chi connectivity index (χ1v) is 8.43. The molecule has 0 atom stereocenters. The first-order valence-electron chi connectivity index (χ1n) is 8.05. The van der Waals surface area contributed by atoms with Crippen molar-refractivity contribution in [2.75, 3.05) is 10.6 Å². The van der Waals surface area contributed by atoms with Gasteiger partial charge in [0.05, 0.1) is 0 Å². The fourth-order valence-corrected chi connectivity index (χ4v) is 2.58. The summed E-state index contributed by atoms with van der Waals surface area (Å²) in [6.45, 7) is 0.232. The number of rotatable bonds is 7. The van der Waals surface area contributed by atoms with E-state index in [9.17, 15) is 18.4 Å². The minimum Gasteiger partial charge on any atom is -0.449 e. The molecule has 9 nitrogen and oxygen atoms in total. The molecule has 0 bridgehead atoms. The first-order chi connectivity index (χ1) is 13.8. The van der Waals surface area contributed by atoms with Crippen molar-refractivity contribution in [1.82, 2.24) is 15.1 Å². The third-order valence-corrected chi connectivity index (χ3v) is 4.11. The maximum atomic E-state index is 13.0. The Labute approximate surface area is 165 Å². The van der Waals surface area contributed by atoms with Crippen LogP contribution in [0.25, 0.3) is 11.4 Å². The molecule has 0 fully saturated rings. The lowest BCUT2D eigenvalue weighted by molar-refractivity contribution is 0.0551. The van der Waals surface area contributed by atoms with Crippen molar-refractivity contribution in [2.24, 2.45) is 0 Å². The van der Waals surface area contributed by atoms with Crippen molar-refractivity contribution in [2.45, 2.75) is 11.9 Å². The number of hydrogen-bond donors (Lipinski definition) is 2. The van der Waals surface area contributed by atoms with Gasteiger partial charge in [-0.3, -0.25) is 9.59 Å². The van der Waals surface area contributed by atoms with Crippen LogP contribution in [0.15, 0.2) is 55.5 Å². The largest absolute Gasteiger partial charge is 0.449 e. The van der Waals surface area contributed by atoms with Crippen LogP contribution >= 0.6 is 11.6 Å². The molecule has 0 saturated heterocycles. The zero-order valence-corrected chi connectivity index (χ0v) is 15.0. The lowest BCUT2D eigenvalue weighted by atomic mass is 10.1. The quantitative estimate of drug-likeness (QED) is 0.342. The van der Waals surface area contributed by atoms with Crippen molar-refractivity contribution in [3.05, 3.63) is 68.8 Å². The van der Waals surface area contributed by atoms with Crippen LogP contribution in [0.3, 0.4) is 0 Å². The second-order valence-corrected chi connectivity index (χ2v) is 6.35. The van der Waals surface area contributed by atoms with Gasteiger partial charge in [0.2, 0.25) is 5.82 Å². The molecule has 0 aliphatic carbocycles.